The van der Waals surface area contributed by atoms with Gasteiger partial charge in [-0.05, 0) is 53.2 Å². The number of benzene rings is 2. The molecule has 8 nitrogen and oxygen atoms in total. The van der Waals surface area contributed by atoms with Crippen molar-refractivity contribution in [2.75, 3.05) is 20.3 Å². The highest BCUT2D eigenvalue weighted by molar-refractivity contribution is 5.99. The van der Waals surface area contributed by atoms with Crippen molar-refractivity contribution in [1.82, 2.24) is 0 Å². The van der Waals surface area contributed by atoms with Gasteiger partial charge in [0.15, 0.2) is 18.1 Å². The van der Waals surface area contributed by atoms with E-state index in [9.17, 15) is 14.7 Å². The first kappa shape index (κ1) is 25.2. The van der Waals surface area contributed by atoms with Gasteiger partial charge in [-0.2, -0.15) is 0 Å². The van der Waals surface area contributed by atoms with Gasteiger partial charge in [-0.25, -0.2) is 4.79 Å². The number of hydrogen-bond acceptors (Lipinski definition) is 8. The van der Waals surface area contributed by atoms with Crippen molar-refractivity contribution in [2.24, 2.45) is 0 Å². The van der Waals surface area contributed by atoms with Crippen molar-refractivity contribution in [2.45, 2.75) is 46.6 Å². The largest absolute Gasteiger partial charge is 0.506 e. The van der Waals surface area contributed by atoms with E-state index < -0.39 is 17.0 Å². The molecule has 2 heterocycles. The summed E-state index contributed by atoms with van der Waals surface area (Å²) in [6.45, 7) is 9.27. The van der Waals surface area contributed by atoms with Crippen LogP contribution < -0.4 is 19.6 Å². The summed E-state index contributed by atoms with van der Waals surface area (Å²) in [4.78, 5) is 25.8. The van der Waals surface area contributed by atoms with Crippen LogP contribution in [0.25, 0.3) is 28.0 Å². The van der Waals surface area contributed by atoms with Crippen LogP contribution in [0, 0.1) is 0 Å². The molecule has 0 atom stereocenters. The van der Waals surface area contributed by atoms with Crippen LogP contribution in [0.3, 0.4) is 0 Å². The van der Waals surface area contributed by atoms with E-state index in [4.69, 9.17) is 23.4 Å². The van der Waals surface area contributed by atoms with Crippen LogP contribution >= 0.6 is 0 Å². The highest BCUT2D eigenvalue weighted by Crippen LogP contribution is 2.43. The van der Waals surface area contributed by atoms with Gasteiger partial charge >= 0.3 is 5.97 Å². The predicted molar refractivity (Wildman–Crippen MR) is 137 cm³/mol. The molecule has 1 aliphatic heterocycles. The summed E-state index contributed by atoms with van der Waals surface area (Å²) in [5, 5.41) is 11.4. The minimum absolute atomic E-state index is 0.0508. The van der Waals surface area contributed by atoms with E-state index in [1.807, 2.05) is 39.8 Å². The number of esters is 1. The Kier molecular flexibility index (Phi) is 6.71. The molecule has 0 bridgehead atoms. The Morgan fingerprint density at radius 2 is 1.89 bits per heavy atom. The van der Waals surface area contributed by atoms with Gasteiger partial charge in [0.2, 0.25) is 5.43 Å². The quantitative estimate of drug-likeness (QED) is 0.268. The molecule has 0 spiro atoms. The number of rotatable bonds is 7. The molecule has 2 aromatic carbocycles. The zero-order chi connectivity index (χ0) is 26.2. The monoisotopic (exact) mass is 494 g/mol. The van der Waals surface area contributed by atoms with Crippen LogP contribution in [0.4, 0.5) is 0 Å². The van der Waals surface area contributed by atoms with Crippen molar-refractivity contribution in [1.29, 1.82) is 0 Å². The summed E-state index contributed by atoms with van der Waals surface area (Å²) >= 11 is 0. The Morgan fingerprint density at radius 1 is 1.17 bits per heavy atom. The summed E-state index contributed by atoms with van der Waals surface area (Å²) in [5.74, 6) is 0.208. The summed E-state index contributed by atoms with van der Waals surface area (Å²) in [5.41, 5.74) is 1.39. The lowest BCUT2D eigenvalue weighted by Crippen LogP contribution is -2.27. The number of carbonyl (C=O) groups is 1. The molecule has 0 radical (unpaired) electrons. The van der Waals surface area contributed by atoms with E-state index in [1.165, 1.54) is 13.2 Å². The maximum absolute atomic E-state index is 13.8. The molecule has 0 amide bonds. The minimum Gasteiger partial charge on any atom is -0.506 e. The highest BCUT2D eigenvalue weighted by Gasteiger charge is 2.28. The highest BCUT2D eigenvalue weighted by atomic mass is 16.6. The molecule has 1 aromatic heterocycles. The number of ether oxygens (including phenoxy) is 4. The summed E-state index contributed by atoms with van der Waals surface area (Å²) < 4.78 is 28.5. The minimum atomic E-state index is -0.580. The van der Waals surface area contributed by atoms with Gasteiger partial charge < -0.3 is 28.5 Å². The van der Waals surface area contributed by atoms with Gasteiger partial charge in [0.25, 0.3) is 0 Å². The fourth-order valence-corrected chi connectivity index (χ4v) is 4.20. The van der Waals surface area contributed by atoms with Gasteiger partial charge in [0, 0.05) is 17.7 Å². The third-order valence-electron chi connectivity index (χ3n) is 5.84. The Bertz CT molecular complexity index is 1470. The lowest BCUT2D eigenvalue weighted by molar-refractivity contribution is -0.145. The van der Waals surface area contributed by atoms with Crippen LogP contribution in [0.2, 0.25) is 0 Å². The van der Waals surface area contributed by atoms with E-state index in [2.05, 4.69) is 0 Å². The fraction of sp³-hybridized carbons (Fsp3) is 0.357. The first-order valence-corrected chi connectivity index (χ1v) is 11.7. The van der Waals surface area contributed by atoms with Crippen molar-refractivity contribution in [3.05, 3.63) is 51.2 Å². The number of aromatic hydroxyl groups is 1. The first-order chi connectivity index (χ1) is 17.1. The third-order valence-corrected chi connectivity index (χ3v) is 5.84. The second-order valence-corrected chi connectivity index (χ2v) is 9.32. The van der Waals surface area contributed by atoms with Crippen LogP contribution in [-0.2, 0) is 16.0 Å². The zero-order valence-electron chi connectivity index (χ0n) is 21.3. The molecule has 3 aromatic rings. The van der Waals surface area contributed by atoms with E-state index in [1.54, 1.807) is 19.1 Å². The Balaban J connectivity index is 2.01. The van der Waals surface area contributed by atoms with Crippen molar-refractivity contribution in [3.63, 3.8) is 0 Å². The second kappa shape index (κ2) is 9.60. The van der Waals surface area contributed by atoms with E-state index in [-0.39, 0.29) is 46.7 Å². The van der Waals surface area contributed by atoms with Crippen molar-refractivity contribution >= 4 is 34.0 Å². The number of hydrogen-bond donors (Lipinski definition) is 1. The first-order valence-electron chi connectivity index (χ1n) is 11.7. The molecule has 4 rings (SSSR count). The predicted octanol–water partition coefficient (Wildman–Crippen LogP) is 5.30. The van der Waals surface area contributed by atoms with Crippen molar-refractivity contribution < 1.29 is 33.3 Å². The molecule has 1 aliphatic rings. The average Bonchev–Trinajstić information content (AvgIpc) is 2.80. The normalized spacial score (nSPS) is 13.7. The van der Waals surface area contributed by atoms with Crippen LogP contribution in [0.5, 0.6) is 23.0 Å². The molecular weight excluding hydrogens is 464 g/mol. The maximum Gasteiger partial charge on any atom is 0.344 e. The standard InChI is InChI=1S/C28H30O8/c1-7-33-22(29)14-34-21-13-19-23(17(27(21)32-6)9-8-15(2)3)26(31)24-20(35-19)12-18-16(25(24)30)10-11-28(4,5)36-18/h8,10-13,30H,7,9,14H2,1-6H3. The van der Waals surface area contributed by atoms with Crippen LogP contribution in [0.1, 0.15) is 45.7 Å². The summed E-state index contributed by atoms with van der Waals surface area (Å²) in [6.07, 6.45) is 5.85. The lowest BCUT2D eigenvalue weighted by Gasteiger charge is -2.28. The number of fused-ring (bicyclic) bond motifs is 3. The van der Waals surface area contributed by atoms with Crippen LogP contribution in [-0.4, -0.2) is 37.0 Å². The Hall–Kier alpha value is -3.94. The molecule has 0 saturated carbocycles. The number of carbonyl (C=O) groups excluding carboxylic acids is 1. The number of methoxy groups -OCH3 is 1. The smallest absolute Gasteiger partial charge is 0.344 e. The molecule has 8 heteroatoms. The van der Waals surface area contributed by atoms with Gasteiger partial charge in [-0.3, -0.25) is 4.79 Å². The molecule has 36 heavy (non-hydrogen) atoms. The van der Waals surface area contributed by atoms with Crippen LogP contribution in [0.15, 0.2) is 39.1 Å². The SMILES string of the molecule is CCOC(=O)COc1cc2oc3cc4c(c(O)c3c(=O)c2c(CC=C(C)C)c1OC)C=CC(C)(C)O4. The molecule has 0 aliphatic carbocycles. The van der Waals surface area contributed by atoms with E-state index in [0.29, 0.717) is 29.0 Å². The summed E-state index contributed by atoms with van der Waals surface area (Å²) in [7, 11) is 1.46. The number of allylic oxidation sites excluding steroid dienone is 2. The number of phenolic OH excluding ortho intramolecular Hbond substituents is 1. The molecule has 1 N–H and O–H groups in total. The summed E-state index contributed by atoms with van der Waals surface area (Å²) in [6, 6.07) is 3.12. The molecule has 190 valence electrons. The van der Waals surface area contributed by atoms with Gasteiger partial charge in [0.1, 0.15) is 33.7 Å². The Labute approximate surface area is 208 Å². The molecule has 0 fully saturated rings. The second-order valence-electron chi connectivity index (χ2n) is 9.32. The number of phenols is 1. The van der Waals surface area contributed by atoms with Gasteiger partial charge in [0.05, 0.1) is 24.7 Å². The molecule has 0 unspecified atom stereocenters. The third kappa shape index (κ3) is 4.63. The topological polar surface area (TPSA) is 104 Å². The van der Waals surface area contributed by atoms with E-state index in [0.717, 1.165) is 5.57 Å². The fourth-order valence-electron chi connectivity index (χ4n) is 4.20. The van der Waals surface area contributed by atoms with Gasteiger partial charge in [-0.1, -0.05) is 11.6 Å². The molecular formula is C28H30O8. The van der Waals surface area contributed by atoms with Crippen molar-refractivity contribution in [3.8, 4) is 23.0 Å². The zero-order valence-corrected chi connectivity index (χ0v) is 21.3. The molecule has 0 saturated heterocycles. The maximum atomic E-state index is 13.8. The lowest BCUT2D eigenvalue weighted by atomic mass is 9.97. The Morgan fingerprint density at radius 3 is 2.56 bits per heavy atom. The average molecular weight is 495 g/mol. The van der Waals surface area contributed by atoms with Gasteiger partial charge in [-0.15, -0.1) is 0 Å². The van der Waals surface area contributed by atoms with E-state index >= 15 is 0 Å².